The van der Waals surface area contributed by atoms with Gasteiger partial charge in [0.2, 0.25) is 0 Å². The van der Waals surface area contributed by atoms with Crippen molar-refractivity contribution in [3.05, 3.63) is 52.4 Å². The summed E-state index contributed by atoms with van der Waals surface area (Å²) in [6.45, 7) is 4.22. The van der Waals surface area contributed by atoms with Gasteiger partial charge in [0, 0.05) is 12.2 Å². The van der Waals surface area contributed by atoms with Crippen LogP contribution in [0.5, 0.6) is 0 Å². The summed E-state index contributed by atoms with van der Waals surface area (Å²) in [5, 5.41) is 3.41. The van der Waals surface area contributed by atoms with E-state index in [1.807, 2.05) is 6.07 Å². The molecule has 106 valence electrons. The monoisotopic (exact) mass is 334 g/mol. The maximum atomic E-state index is 5.41. The lowest BCUT2D eigenvalue weighted by atomic mass is 10.2. The molecule has 1 N–H and O–H groups in total. The van der Waals surface area contributed by atoms with E-state index in [2.05, 4.69) is 50.4 Å². The van der Waals surface area contributed by atoms with Gasteiger partial charge in [0.25, 0.3) is 0 Å². The highest BCUT2D eigenvalue weighted by Crippen LogP contribution is 2.20. The van der Waals surface area contributed by atoms with E-state index in [1.165, 1.54) is 31.5 Å². The molecule has 0 bridgehead atoms. The lowest BCUT2D eigenvalue weighted by Crippen LogP contribution is -2.18. The van der Waals surface area contributed by atoms with Gasteiger partial charge in [0.15, 0.2) is 0 Å². The SMILES string of the molecule is Brc1ccoc1CNc1cccc(CN2CCCC2)c1. The third kappa shape index (κ3) is 3.44. The van der Waals surface area contributed by atoms with E-state index in [1.54, 1.807) is 6.26 Å². The van der Waals surface area contributed by atoms with Crippen LogP contribution in [0.2, 0.25) is 0 Å². The summed E-state index contributed by atoms with van der Waals surface area (Å²) >= 11 is 3.47. The Balaban J connectivity index is 1.60. The first-order valence-electron chi connectivity index (χ1n) is 7.08. The van der Waals surface area contributed by atoms with Gasteiger partial charge >= 0.3 is 0 Å². The summed E-state index contributed by atoms with van der Waals surface area (Å²) in [6.07, 6.45) is 4.37. The average Bonchev–Trinajstić information content (AvgIpc) is 3.09. The Morgan fingerprint density at radius 3 is 2.80 bits per heavy atom. The molecule has 3 rings (SSSR count). The fourth-order valence-corrected chi connectivity index (χ4v) is 2.95. The first-order chi connectivity index (χ1) is 9.81. The van der Waals surface area contributed by atoms with Crippen molar-refractivity contribution in [2.45, 2.75) is 25.9 Å². The van der Waals surface area contributed by atoms with Crippen LogP contribution in [-0.4, -0.2) is 18.0 Å². The fourth-order valence-electron chi connectivity index (χ4n) is 2.61. The molecule has 1 saturated heterocycles. The van der Waals surface area contributed by atoms with Gasteiger partial charge in [-0.25, -0.2) is 0 Å². The first kappa shape index (κ1) is 13.7. The molecule has 1 fully saturated rings. The number of likely N-dealkylation sites (tertiary alicyclic amines) is 1. The van der Waals surface area contributed by atoms with E-state index in [0.717, 1.165) is 22.5 Å². The van der Waals surface area contributed by atoms with E-state index >= 15 is 0 Å². The Hall–Kier alpha value is -1.26. The topological polar surface area (TPSA) is 28.4 Å². The van der Waals surface area contributed by atoms with Crippen molar-refractivity contribution in [1.29, 1.82) is 0 Å². The molecule has 4 heteroatoms. The Morgan fingerprint density at radius 1 is 1.20 bits per heavy atom. The van der Waals surface area contributed by atoms with Crippen LogP contribution >= 0.6 is 15.9 Å². The molecule has 0 unspecified atom stereocenters. The maximum Gasteiger partial charge on any atom is 0.136 e. The van der Waals surface area contributed by atoms with E-state index in [4.69, 9.17) is 4.42 Å². The molecule has 0 saturated carbocycles. The molecule has 1 aliphatic rings. The van der Waals surface area contributed by atoms with Gasteiger partial charge in [0.1, 0.15) is 5.76 Å². The van der Waals surface area contributed by atoms with Crippen LogP contribution in [0.1, 0.15) is 24.2 Å². The zero-order chi connectivity index (χ0) is 13.8. The summed E-state index contributed by atoms with van der Waals surface area (Å²) in [4.78, 5) is 2.52. The molecule has 1 aliphatic heterocycles. The third-order valence-electron chi connectivity index (χ3n) is 3.68. The molecular weight excluding hydrogens is 316 g/mol. The van der Waals surface area contributed by atoms with E-state index in [-0.39, 0.29) is 0 Å². The minimum Gasteiger partial charge on any atom is -0.466 e. The first-order valence-corrected chi connectivity index (χ1v) is 7.87. The normalized spacial score (nSPS) is 15.7. The van der Waals surface area contributed by atoms with Crippen LogP contribution in [0.25, 0.3) is 0 Å². The Morgan fingerprint density at radius 2 is 2.05 bits per heavy atom. The molecular formula is C16H19BrN2O. The second-order valence-corrected chi connectivity index (χ2v) is 6.08. The number of nitrogens with zero attached hydrogens (tertiary/aromatic N) is 1. The molecule has 0 radical (unpaired) electrons. The zero-order valence-corrected chi connectivity index (χ0v) is 13.0. The molecule has 2 heterocycles. The standard InChI is InChI=1S/C16H19BrN2O/c17-15-6-9-20-16(15)11-18-14-5-3-4-13(10-14)12-19-7-1-2-8-19/h3-6,9-10,18H,1-2,7-8,11-12H2. The Kier molecular flexibility index (Phi) is 4.43. The number of nitrogens with one attached hydrogen (secondary N) is 1. The van der Waals surface area contributed by atoms with Crippen molar-refractivity contribution in [3.8, 4) is 0 Å². The lowest BCUT2D eigenvalue weighted by molar-refractivity contribution is 0.331. The number of halogens is 1. The van der Waals surface area contributed by atoms with Crippen LogP contribution < -0.4 is 5.32 Å². The fraction of sp³-hybridized carbons (Fsp3) is 0.375. The molecule has 0 aliphatic carbocycles. The van der Waals surface area contributed by atoms with Crippen molar-refractivity contribution < 1.29 is 4.42 Å². The van der Waals surface area contributed by atoms with E-state index in [9.17, 15) is 0 Å². The van der Waals surface area contributed by atoms with Gasteiger partial charge in [-0.2, -0.15) is 0 Å². The largest absolute Gasteiger partial charge is 0.466 e. The number of hydrogen-bond donors (Lipinski definition) is 1. The molecule has 2 aromatic rings. The molecule has 3 nitrogen and oxygen atoms in total. The van der Waals surface area contributed by atoms with Gasteiger partial charge in [-0.3, -0.25) is 4.90 Å². The predicted octanol–water partition coefficient (Wildman–Crippen LogP) is 4.25. The molecule has 1 aromatic heterocycles. The van der Waals surface area contributed by atoms with Crippen molar-refractivity contribution in [2.24, 2.45) is 0 Å². The van der Waals surface area contributed by atoms with Crippen LogP contribution in [0, 0.1) is 0 Å². The minimum atomic E-state index is 0.695. The van der Waals surface area contributed by atoms with E-state index < -0.39 is 0 Å². The van der Waals surface area contributed by atoms with Gasteiger partial charge in [0.05, 0.1) is 17.3 Å². The maximum absolute atomic E-state index is 5.41. The number of rotatable bonds is 5. The lowest BCUT2D eigenvalue weighted by Gasteiger charge is -2.15. The summed E-state index contributed by atoms with van der Waals surface area (Å²) in [5.74, 6) is 0.926. The second kappa shape index (κ2) is 6.46. The van der Waals surface area contributed by atoms with Crippen molar-refractivity contribution in [1.82, 2.24) is 4.90 Å². The summed E-state index contributed by atoms with van der Waals surface area (Å²) in [6, 6.07) is 10.6. The van der Waals surface area contributed by atoms with Crippen molar-refractivity contribution in [3.63, 3.8) is 0 Å². The summed E-state index contributed by atoms with van der Waals surface area (Å²) in [5.41, 5.74) is 2.51. The Labute approximate surface area is 128 Å². The second-order valence-electron chi connectivity index (χ2n) is 5.23. The van der Waals surface area contributed by atoms with Crippen molar-refractivity contribution in [2.75, 3.05) is 18.4 Å². The minimum absolute atomic E-state index is 0.695. The highest BCUT2D eigenvalue weighted by molar-refractivity contribution is 9.10. The van der Waals surface area contributed by atoms with Gasteiger partial charge in [-0.15, -0.1) is 0 Å². The van der Waals surface area contributed by atoms with Gasteiger partial charge < -0.3 is 9.73 Å². The zero-order valence-electron chi connectivity index (χ0n) is 11.4. The van der Waals surface area contributed by atoms with Crippen LogP contribution in [0.15, 0.2) is 45.5 Å². The Bertz CT molecular complexity index is 561. The number of anilines is 1. The molecule has 0 atom stereocenters. The van der Waals surface area contributed by atoms with E-state index in [0.29, 0.717) is 6.54 Å². The number of furan rings is 1. The summed E-state index contributed by atoms with van der Waals surface area (Å²) < 4.78 is 6.42. The highest BCUT2D eigenvalue weighted by Gasteiger charge is 2.11. The smallest absolute Gasteiger partial charge is 0.136 e. The summed E-state index contributed by atoms with van der Waals surface area (Å²) in [7, 11) is 0. The molecule has 0 amide bonds. The molecule has 20 heavy (non-hydrogen) atoms. The van der Waals surface area contributed by atoms with Crippen LogP contribution in [0.4, 0.5) is 5.69 Å². The highest BCUT2D eigenvalue weighted by atomic mass is 79.9. The predicted molar refractivity (Wildman–Crippen MR) is 84.7 cm³/mol. The van der Waals surface area contributed by atoms with Crippen LogP contribution in [0.3, 0.4) is 0 Å². The van der Waals surface area contributed by atoms with Gasteiger partial charge in [-0.05, 0) is 65.6 Å². The quantitative estimate of drug-likeness (QED) is 0.885. The third-order valence-corrected chi connectivity index (χ3v) is 4.38. The molecule has 1 aromatic carbocycles. The molecule has 0 spiro atoms. The van der Waals surface area contributed by atoms with Gasteiger partial charge in [-0.1, -0.05) is 12.1 Å². The van der Waals surface area contributed by atoms with Crippen molar-refractivity contribution >= 4 is 21.6 Å². The van der Waals surface area contributed by atoms with Crippen LogP contribution in [-0.2, 0) is 13.1 Å². The number of hydrogen-bond acceptors (Lipinski definition) is 3. The average molecular weight is 335 g/mol. The number of benzene rings is 1.